The van der Waals surface area contributed by atoms with Gasteiger partial charge in [0.25, 0.3) is 0 Å². The summed E-state index contributed by atoms with van der Waals surface area (Å²) in [5.74, 6) is 0.902. The Morgan fingerprint density at radius 1 is 1.40 bits per heavy atom. The molecule has 0 atom stereocenters. The van der Waals surface area contributed by atoms with Crippen molar-refractivity contribution in [2.75, 3.05) is 7.05 Å². The molecule has 0 aliphatic carbocycles. The van der Waals surface area contributed by atoms with Crippen molar-refractivity contribution in [3.63, 3.8) is 0 Å². The summed E-state index contributed by atoms with van der Waals surface area (Å²) in [6.45, 7) is 4.35. The fraction of sp³-hybridized carbons (Fsp3) is 0.400. The largest absolute Gasteiger partial charge is 0.361 e. The van der Waals surface area contributed by atoms with E-state index in [0.29, 0.717) is 19.4 Å². The SMILES string of the molecule is Cc1noc(C)c1CCC(=O)N(C)Cc1cccnc1. The monoisotopic (exact) mass is 273 g/mol. The smallest absolute Gasteiger partial charge is 0.222 e. The van der Waals surface area contributed by atoms with Crippen molar-refractivity contribution in [3.8, 4) is 0 Å². The van der Waals surface area contributed by atoms with E-state index in [4.69, 9.17) is 4.52 Å². The van der Waals surface area contributed by atoms with Crippen molar-refractivity contribution in [1.29, 1.82) is 0 Å². The van der Waals surface area contributed by atoms with Crippen molar-refractivity contribution >= 4 is 5.91 Å². The molecule has 5 heteroatoms. The van der Waals surface area contributed by atoms with Crippen molar-refractivity contribution in [3.05, 3.63) is 47.1 Å². The zero-order valence-corrected chi connectivity index (χ0v) is 12.1. The Kier molecular flexibility index (Phi) is 4.50. The lowest BCUT2D eigenvalue weighted by Crippen LogP contribution is -2.26. The number of carbonyl (C=O) groups excluding carboxylic acids is 1. The number of hydrogen-bond donors (Lipinski definition) is 0. The Hall–Kier alpha value is -2.17. The van der Waals surface area contributed by atoms with Gasteiger partial charge in [-0.2, -0.15) is 0 Å². The summed E-state index contributed by atoms with van der Waals surface area (Å²) in [7, 11) is 1.81. The summed E-state index contributed by atoms with van der Waals surface area (Å²) in [6.07, 6.45) is 4.62. The van der Waals surface area contributed by atoms with E-state index >= 15 is 0 Å². The molecule has 0 saturated carbocycles. The predicted octanol–water partition coefficient (Wildman–Crippen LogP) is 2.28. The third-order valence-corrected chi connectivity index (χ3v) is 3.34. The summed E-state index contributed by atoms with van der Waals surface area (Å²) in [4.78, 5) is 17.9. The molecule has 2 heterocycles. The second-order valence-electron chi connectivity index (χ2n) is 4.91. The van der Waals surface area contributed by atoms with Crippen LogP contribution < -0.4 is 0 Å². The van der Waals surface area contributed by atoms with Crippen molar-refractivity contribution in [2.45, 2.75) is 33.2 Å². The Labute approximate surface area is 118 Å². The van der Waals surface area contributed by atoms with E-state index in [1.165, 1.54) is 0 Å². The van der Waals surface area contributed by atoms with E-state index in [1.807, 2.05) is 33.0 Å². The first-order valence-electron chi connectivity index (χ1n) is 6.62. The highest BCUT2D eigenvalue weighted by Gasteiger charge is 2.14. The molecule has 1 amide bonds. The Morgan fingerprint density at radius 2 is 2.20 bits per heavy atom. The van der Waals surface area contributed by atoms with Gasteiger partial charge in [-0.1, -0.05) is 11.2 Å². The lowest BCUT2D eigenvalue weighted by Gasteiger charge is -2.17. The van der Waals surface area contributed by atoms with Gasteiger partial charge in [0.1, 0.15) is 5.76 Å². The summed E-state index contributed by atoms with van der Waals surface area (Å²) in [5.41, 5.74) is 2.93. The maximum Gasteiger partial charge on any atom is 0.222 e. The molecule has 5 nitrogen and oxygen atoms in total. The van der Waals surface area contributed by atoms with Crippen LogP contribution in [0, 0.1) is 13.8 Å². The Balaban J connectivity index is 1.89. The average Bonchev–Trinajstić information content (AvgIpc) is 2.76. The zero-order chi connectivity index (χ0) is 14.5. The van der Waals surface area contributed by atoms with E-state index in [9.17, 15) is 4.79 Å². The van der Waals surface area contributed by atoms with Gasteiger partial charge in [0, 0.05) is 38.0 Å². The topological polar surface area (TPSA) is 59.2 Å². The van der Waals surface area contributed by atoms with Gasteiger partial charge in [0.15, 0.2) is 0 Å². The van der Waals surface area contributed by atoms with E-state index in [1.54, 1.807) is 17.3 Å². The molecule has 0 saturated heterocycles. The van der Waals surface area contributed by atoms with Crippen LogP contribution in [-0.4, -0.2) is 28.0 Å². The highest BCUT2D eigenvalue weighted by molar-refractivity contribution is 5.76. The molecule has 2 aromatic rings. The molecule has 2 rings (SSSR count). The van der Waals surface area contributed by atoms with Crippen LogP contribution in [0.4, 0.5) is 0 Å². The standard InChI is InChI=1S/C15H19N3O2/c1-11-14(12(2)20-17-11)6-7-15(19)18(3)10-13-5-4-8-16-9-13/h4-5,8-9H,6-7,10H2,1-3H3. The molecule has 0 bridgehead atoms. The first-order valence-corrected chi connectivity index (χ1v) is 6.62. The third-order valence-electron chi connectivity index (χ3n) is 3.34. The number of amides is 1. The molecule has 0 fully saturated rings. The summed E-state index contributed by atoms with van der Waals surface area (Å²) in [6, 6.07) is 3.84. The second kappa shape index (κ2) is 6.32. The highest BCUT2D eigenvalue weighted by atomic mass is 16.5. The number of carbonyl (C=O) groups is 1. The maximum atomic E-state index is 12.1. The van der Waals surface area contributed by atoms with Gasteiger partial charge in [0.05, 0.1) is 5.69 Å². The molecular weight excluding hydrogens is 254 g/mol. The number of hydrogen-bond acceptors (Lipinski definition) is 4. The van der Waals surface area contributed by atoms with Gasteiger partial charge < -0.3 is 9.42 Å². The van der Waals surface area contributed by atoms with Gasteiger partial charge in [-0.25, -0.2) is 0 Å². The van der Waals surface area contributed by atoms with Gasteiger partial charge in [0.2, 0.25) is 5.91 Å². The maximum absolute atomic E-state index is 12.1. The Morgan fingerprint density at radius 3 is 2.80 bits per heavy atom. The molecule has 0 unspecified atom stereocenters. The van der Waals surface area contributed by atoms with Gasteiger partial charge in [-0.15, -0.1) is 0 Å². The fourth-order valence-corrected chi connectivity index (χ4v) is 2.14. The molecule has 0 N–H and O–H groups in total. The second-order valence-corrected chi connectivity index (χ2v) is 4.91. The van der Waals surface area contributed by atoms with Gasteiger partial charge in [-0.3, -0.25) is 9.78 Å². The Bertz CT molecular complexity index is 559. The van der Waals surface area contributed by atoms with E-state index in [2.05, 4.69) is 10.1 Å². The van der Waals surface area contributed by atoms with Crippen LogP contribution >= 0.6 is 0 Å². The van der Waals surface area contributed by atoms with Crippen LogP contribution in [0.3, 0.4) is 0 Å². The molecule has 106 valence electrons. The quantitative estimate of drug-likeness (QED) is 0.838. The van der Waals surface area contributed by atoms with E-state index in [-0.39, 0.29) is 5.91 Å². The minimum Gasteiger partial charge on any atom is -0.361 e. The van der Waals surface area contributed by atoms with Crippen LogP contribution in [-0.2, 0) is 17.8 Å². The van der Waals surface area contributed by atoms with Crippen LogP contribution in [0.15, 0.2) is 29.0 Å². The predicted molar refractivity (Wildman–Crippen MR) is 75.0 cm³/mol. The molecule has 0 aliphatic rings. The van der Waals surface area contributed by atoms with Crippen LogP contribution in [0.5, 0.6) is 0 Å². The first kappa shape index (κ1) is 14.2. The number of aryl methyl sites for hydroxylation is 2. The summed E-state index contributed by atoms with van der Waals surface area (Å²) in [5, 5.41) is 3.90. The van der Waals surface area contributed by atoms with Gasteiger partial charge >= 0.3 is 0 Å². The van der Waals surface area contributed by atoms with Crippen LogP contribution in [0.1, 0.15) is 29.0 Å². The molecule has 20 heavy (non-hydrogen) atoms. The number of aromatic nitrogens is 2. The lowest BCUT2D eigenvalue weighted by atomic mass is 10.1. The van der Waals surface area contributed by atoms with Gasteiger partial charge in [-0.05, 0) is 31.9 Å². The highest BCUT2D eigenvalue weighted by Crippen LogP contribution is 2.15. The minimum atomic E-state index is 0.105. The molecule has 2 aromatic heterocycles. The van der Waals surface area contributed by atoms with Crippen molar-refractivity contribution in [2.24, 2.45) is 0 Å². The fourth-order valence-electron chi connectivity index (χ4n) is 2.14. The normalized spacial score (nSPS) is 10.6. The molecule has 0 radical (unpaired) electrons. The summed E-state index contributed by atoms with van der Waals surface area (Å²) < 4.78 is 5.10. The molecule has 0 aliphatic heterocycles. The molecule has 0 aromatic carbocycles. The van der Waals surface area contributed by atoms with Crippen LogP contribution in [0.25, 0.3) is 0 Å². The van der Waals surface area contributed by atoms with Crippen molar-refractivity contribution < 1.29 is 9.32 Å². The number of pyridine rings is 1. The minimum absolute atomic E-state index is 0.105. The number of rotatable bonds is 5. The zero-order valence-electron chi connectivity index (χ0n) is 12.1. The molecule has 0 spiro atoms. The van der Waals surface area contributed by atoms with E-state index < -0.39 is 0 Å². The molecular formula is C15H19N3O2. The third kappa shape index (κ3) is 3.44. The lowest BCUT2D eigenvalue weighted by molar-refractivity contribution is -0.130. The van der Waals surface area contributed by atoms with Crippen molar-refractivity contribution in [1.82, 2.24) is 15.0 Å². The average molecular weight is 273 g/mol. The van der Waals surface area contributed by atoms with Crippen LogP contribution in [0.2, 0.25) is 0 Å². The number of nitrogens with zero attached hydrogens (tertiary/aromatic N) is 3. The first-order chi connectivity index (χ1) is 9.58. The summed E-state index contributed by atoms with van der Waals surface area (Å²) >= 11 is 0. The van der Waals surface area contributed by atoms with E-state index in [0.717, 1.165) is 22.6 Å².